The quantitative estimate of drug-likeness (QED) is 0.627. The predicted molar refractivity (Wildman–Crippen MR) is 44.2 cm³/mol. The summed E-state index contributed by atoms with van der Waals surface area (Å²) in [4.78, 5) is 23.7. The molecular weight excluding hydrogens is 156 g/mol. The standard InChI is InChI=1S/C8H14N2O2/c1-5(2)10-6(8(9)12)3-4-7(10)11/h5-6H,3-4H2,1-2H3,(H2,9,12)/t6-/m0/s1. The summed E-state index contributed by atoms with van der Waals surface area (Å²) in [7, 11) is 0. The van der Waals surface area contributed by atoms with E-state index in [1.54, 1.807) is 4.90 Å². The molecule has 2 amide bonds. The molecule has 0 aromatic heterocycles. The van der Waals surface area contributed by atoms with Gasteiger partial charge in [0.25, 0.3) is 0 Å². The maximum absolute atomic E-state index is 11.2. The summed E-state index contributed by atoms with van der Waals surface area (Å²) >= 11 is 0. The van der Waals surface area contributed by atoms with Gasteiger partial charge in [-0.2, -0.15) is 0 Å². The van der Waals surface area contributed by atoms with Gasteiger partial charge in [-0.25, -0.2) is 0 Å². The second kappa shape index (κ2) is 3.13. The third kappa shape index (κ3) is 1.42. The lowest BCUT2D eigenvalue weighted by molar-refractivity contribution is -0.135. The highest BCUT2D eigenvalue weighted by Crippen LogP contribution is 2.20. The van der Waals surface area contributed by atoms with Crippen LogP contribution in [0.3, 0.4) is 0 Å². The first-order chi connectivity index (χ1) is 5.54. The summed E-state index contributed by atoms with van der Waals surface area (Å²) in [6.07, 6.45) is 1.03. The van der Waals surface area contributed by atoms with Crippen LogP contribution in [0.5, 0.6) is 0 Å². The van der Waals surface area contributed by atoms with E-state index in [9.17, 15) is 9.59 Å². The van der Waals surface area contributed by atoms with E-state index in [4.69, 9.17) is 5.73 Å². The van der Waals surface area contributed by atoms with Crippen molar-refractivity contribution < 1.29 is 9.59 Å². The van der Waals surface area contributed by atoms with Gasteiger partial charge in [-0.15, -0.1) is 0 Å². The predicted octanol–water partition coefficient (Wildman–Crippen LogP) is -0.129. The van der Waals surface area contributed by atoms with Crippen LogP contribution in [0.25, 0.3) is 0 Å². The molecule has 0 unspecified atom stereocenters. The van der Waals surface area contributed by atoms with Gasteiger partial charge in [0, 0.05) is 12.5 Å². The summed E-state index contributed by atoms with van der Waals surface area (Å²) in [5.41, 5.74) is 5.16. The summed E-state index contributed by atoms with van der Waals surface area (Å²) in [5.74, 6) is -0.358. The zero-order chi connectivity index (χ0) is 9.30. The van der Waals surface area contributed by atoms with Gasteiger partial charge >= 0.3 is 0 Å². The van der Waals surface area contributed by atoms with Gasteiger partial charge in [-0.1, -0.05) is 0 Å². The minimum absolute atomic E-state index is 0.0359. The van der Waals surface area contributed by atoms with Gasteiger partial charge in [-0.3, -0.25) is 9.59 Å². The zero-order valence-electron chi connectivity index (χ0n) is 7.41. The number of carbonyl (C=O) groups excluding carboxylic acids is 2. The number of hydrogen-bond donors (Lipinski definition) is 1. The van der Waals surface area contributed by atoms with E-state index in [1.807, 2.05) is 13.8 Å². The van der Waals surface area contributed by atoms with Crippen molar-refractivity contribution in [3.05, 3.63) is 0 Å². The Morgan fingerprint density at radius 3 is 2.58 bits per heavy atom. The second-order valence-electron chi connectivity index (χ2n) is 3.35. The van der Waals surface area contributed by atoms with Crippen LogP contribution in [-0.4, -0.2) is 28.8 Å². The molecule has 1 heterocycles. The van der Waals surface area contributed by atoms with E-state index in [-0.39, 0.29) is 18.0 Å². The van der Waals surface area contributed by atoms with Crippen LogP contribution in [0.15, 0.2) is 0 Å². The lowest BCUT2D eigenvalue weighted by Crippen LogP contribution is -2.45. The number of amides is 2. The van der Waals surface area contributed by atoms with Gasteiger partial charge in [0.2, 0.25) is 11.8 Å². The molecule has 0 radical (unpaired) electrons. The number of rotatable bonds is 2. The Balaban J connectivity index is 2.77. The van der Waals surface area contributed by atoms with Crippen LogP contribution >= 0.6 is 0 Å². The van der Waals surface area contributed by atoms with Crippen LogP contribution < -0.4 is 5.73 Å². The molecule has 0 bridgehead atoms. The SMILES string of the molecule is CC(C)N1C(=O)CC[C@H]1C(N)=O. The summed E-state index contributed by atoms with van der Waals surface area (Å²) in [5, 5.41) is 0. The maximum atomic E-state index is 11.2. The van der Waals surface area contributed by atoms with Crippen LogP contribution in [-0.2, 0) is 9.59 Å². The first kappa shape index (κ1) is 9.03. The normalized spacial score (nSPS) is 23.8. The minimum atomic E-state index is -0.394. The molecule has 4 heteroatoms. The van der Waals surface area contributed by atoms with Crippen molar-refractivity contribution in [1.82, 2.24) is 4.90 Å². The van der Waals surface area contributed by atoms with Crippen molar-refractivity contribution in [3.63, 3.8) is 0 Å². The Morgan fingerprint density at radius 2 is 2.25 bits per heavy atom. The number of likely N-dealkylation sites (tertiary alicyclic amines) is 1. The van der Waals surface area contributed by atoms with Crippen LogP contribution in [0.4, 0.5) is 0 Å². The number of primary amides is 1. The molecule has 1 saturated heterocycles. The molecule has 4 nitrogen and oxygen atoms in total. The molecule has 1 rings (SSSR count). The number of nitrogens with zero attached hydrogens (tertiary/aromatic N) is 1. The monoisotopic (exact) mass is 170 g/mol. The lowest BCUT2D eigenvalue weighted by atomic mass is 10.2. The average Bonchev–Trinajstić information content (AvgIpc) is 2.30. The Labute approximate surface area is 71.7 Å². The van der Waals surface area contributed by atoms with Gasteiger partial charge < -0.3 is 10.6 Å². The molecular formula is C8H14N2O2. The van der Waals surface area contributed by atoms with Gasteiger partial charge in [0.15, 0.2) is 0 Å². The van der Waals surface area contributed by atoms with E-state index < -0.39 is 5.91 Å². The van der Waals surface area contributed by atoms with Crippen LogP contribution in [0.2, 0.25) is 0 Å². The summed E-state index contributed by atoms with van der Waals surface area (Å²) < 4.78 is 0. The van der Waals surface area contributed by atoms with E-state index in [0.29, 0.717) is 12.8 Å². The summed E-state index contributed by atoms with van der Waals surface area (Å²) in [6, 6.07) is -0.310. The molecule has 0 aromatic carbocycles. The largest absolute Gasteiger partial charge is 0.368 e. The topological polar surface area (TPSA) is 63.4 Å². The van der Waals surface area contributed by atoms with Crippen molar-refractivity contribution in [2.24, 2.45) is 5.73 Å². The molecule has 1 aliphatic rings. The lowest BCUT2D eigenvalue weighted by Gasteiger charge is -2.26. The molecule has 1 atom stereocenters. The third-order valence-electron chi connectivity index (χ3n) is 2.14. The second-order valence-corrected chi connectivity index (χ2v) is 3.35. The number of nitrogens with two attached hydrogens (primary N) is 1. The maximum Gasteiger partial charge on any atom is 0.240 e. The molecule has 0 aliphatic carbocycles. The van der Waals surface area contributed by atoms with Crippen molar-refractivity contribution in [3.8, 4) is 0 Å². The van der Waals surface area contributed by atoms with E-state index in [1.165, 1.54) is 0 Å². The van der Waals surface area contributed by atoms with Gasteiger partial charge in [0.05, 0.1) is 0 Å². The van der Waals surface area contributed by atoms with Gasteiger partial charge in [0.1, 0.15) is 6.04 Å². The molecule has 0 saturated carbocycles. The van der Waals surface area contributed by atoms with Gasteiger partial charge in [-0.05, 0) is 20.3 Å². The Kier molecular flexibility index (Phi) is 2.35. The number of hydrogen-bond acceptors (Lipinski definition) is 2. The molecule has 0 aromatic rings. The van der Waals surface area contributed by atoms with Crippen molar-refractivity contribution in [1.29, 1.82) is 0 Å². The average molecular weight is 170 g/mol. The Morgan fingerprint density at radius 1 is 1.67 bits per heavy atom. The van der Waals surface area contributed by atoms with E-state index in [0.717, 1.165) is 0 Å². The fourth-order valence-electron chi connectivity index (χ4n) is 1.63. The number of carbonyl (C=O) groups is 2. The molecule has 1 aliphatic heterocycles. The molecule has 2 N–H and O–H groups in total. The third-order valence-corrected chi connectivity index (χ3v) is 2.14. The fraction of sp³-hybridized carbons (Fsp3) is 0.750. The van der Waals surface area contributed by atoms with Crippen LogP contribution in [0, 0.1) is 0 Å². The smallest absolute Gasteiger partial charge is 0.240 e. The van der Waals surface area contributed by atoms with Crippen molar-refractivity contribution in [2.75, 3.05) is 0 Å². The summed E-state index contributed by atoms with van der Waals surface area (Å²) in [6.45, 7) is 3.78. The molecule has 68 valence electrons. The van der Waals surface area contributed by atoms with Crippen molar-refractivity contribution in [2.45, 2.75) is 38.8 Å². The zero-order valence-corrected chi connectivity index (χ0v) is 7.41. The highest BCUT2D eigenvalue weighted by Gasteiger charge is 2.35. The van der Waals surface area contributed by atoms with E-state index in [2.05, 4.69) is 0 Å². The highest BCUT2D eigenvalue weighted by molar-refractivity contribution is 5.90. The molecule has 0 spiro atoms. The van der Waals surface area contributed by atoms with E-state index >= 15 is 0 Å². The fourth-order valence-corrected chi connectivity index (χ4v) is 1.63. The highest BCUT2D eigenvalue weighted by atomic mass is 16.2. The molecule has 12 heavy (non-hydrogen) atoms. The minimum Gasteiger partial charge on any atom is -0.368 e. The Bertz CT molecular complexity index is 213. The first-order valence-electron chi connectivity index (χ1n) is 4.14. The first-order valence-corrected chi connectivity index (χ1v) is 4.14. The van der Waals surface area contributed by atoms with Crippen LogP contribution in [0.1, 0.15) is 26.7 Å². The molecule has 1 fully saturated rings. The Hall–Kier alpha value is -1.06. The van der Waals surface area contributed by atoms with Crippen molar-refractivity contribution >= 4 is 11.8 Å².